The molecule has 0 saturated carbocycles. The smallest absolute Gasteiger partial charge is 0.474 e. The van der Waals surface area contributed by atoms with Gasteiger partial charge in [-0.3, -0.25) is 9.69 Å². The average Bonchev–Trinajstić information content (AvgIpc) is 3.11. The second-order valence-electron chi connectivity index (χ2n) is 9.52. The standard InChI is InChI=1S/C23H28F3N5O3S/c1-15(16-5-6-17-12-22(2,3)34-19(17)11-16)30-7-9-31(10-8-30)21-27-13-18(14-28-21)35(4,33)29-20(32)23(24,25)26/h5-6,11,13-15H,7-10,12H2,1-4H3. The molecule has 1 amide bonds. The van der Waals surface area contributed by atoms with Crippen LogP contribution in [0, 0.1) is 0 Å². The van der Waals surface area contributed by atoms with E-state index in [1.54, 1.807) is 0 Å². The average molecular weight is 512 g/mol. The van der Waals surface area contributed by atoms with E-state index in [1.165, 1.54) is 23.5 Å². The van der Waals surface area contributed by atoms with Crippen molar-refractivity contribution in [3.63, 3.8) is 0 Å². The molecule has 0 radical (unpaired) electrons. The summed E-state index contributed by atoms with van der Waals surface area (Å²) in [6.07, 6.45) is -0.994. The van der Waals surface area contributed by atoms with E-state index >= 15 is 0 Å². The van der Waals surface area contributed by atoms with Gasteiger partial charge in [0.25, 0.3) is 0 Å². The van der Waals surface area contributed by atoms with E-state index in [4.69, 9.17) is 4.74 Å². The third-order valence-corrected chi connectivity index (χ3v) is 7.87. The van der Waals surface area contributed by atoms with Gasteiger partial charge in [-0.2, -0.15) is 13.2 Å². The number of benzene rings is 1. The second-order valence-corrected chi connectivity index (χ2v) is 11.8. The molecule has 8 nitrogen and oxygen atoms in total. The molecule has 4 rings (SSSR count). The molecule has 0 bridgehead atoms. The van der Waals surface area contributed by atoms with Gasteiger partial charge in [0.2, 0.25) is 5.95 Å². The summed E-state index contributed by atoms with van der Waals surface area (Å²) in [6, 6.07) is 6.61. The number of nitrogens with zero attached hydrogens (tertiary/aromatic N) is 5. The van der Waals surface area contributed by atoms with Gasteiger partial charge in [-0.1, -0.05) is 12.1 Å². The molecule has 2 aliphatic heterocycles. The molecule has 35 heavy (non-hydrogen) atoms. The maximum Gasteiger partial charge on any atom is 0.474 e. The summed E-state index contributed by atoms with van der Waals surface area (Å²) in [5.74, 6) is -1.06. The van der Waals surface area contributed by atoms with Crippen LogP contribution in [0.2, 0.25) is 0 Å². The Labute approximate surface area is 202 Å². The number of anilines is 1. The molecular weight excluding hydrogens is 483 g/mol. The molecule has 0 aliphatic carbocycles. The molecule has 0 spiro atoms. The van der Waals surface area contributed by atoms with Crippen LogP contribution >= 0.6 is 0 Å². The first-order valence-corrected chi connectivity index (χ1v) is 13.1. The Morgan fingerprint density at radius 2 is 1.80 bits per heavy atom. The summed E-state index contributed by atoms with van der Waals surface area (Å²) in [7, 11) is -3.61. The fourth-order valence-electron chi connectivity index (χ4n) is 4.32. The Hall–Kier alpha value is -2.73. The Bertz CT molecular complexity index is 1230. The summed E-state index contributed by atoms with van der Waals surface area (Å²) in [5, 5.41) is 0. The molecule has 2 atom stereocenters. The van der Waals surface area contributed by atoms with Crippen LogP contribution in [0.1, 0.15) is 37.9 Å². The van der Waals surface area contributed by atoms with Crippen LogP contribution in [0.5, 0.6) is 5.75 Å². The lowest BCUT2D eigenvalue weighted by atomic mass is 9.99. The van der Waals surface area contributed by atoms with Crippen LogP contribution in [0.3, 0.4) is 0 Å². The molecule has 2 aliphatic rings. The second kappa shape index (κ2) is 9.05. The minimum absolute atomic E-state index is 0.131. The zero-order valence-electron chi connectivity index (χ0n) is 20.0. The predicted octanol–water partition coefficient (Wildman–Crippen LogP) is 3.62. The molecule has 1 aromatic heterocycles. The van der Waals surface area contributed by atoms with Gasteiger partial charge in [-0.15, -0.1) is 4.36 Å². The fourth-order valence-corrected chi connectivity index (χ4v) is 5.34. The zero-order valence-corrected chi connectivity index (χ0v) is 20.8. The van der Waals surface area contributed by atoms with Crippen molar-refractivity contribution >= 4 is 21.6 Å². The van der Waals surface area contributed by atoms with Crippen molar-refractivity contribution < 1.29 is 26.9 Å². The SMILES string of the molecule is CC(c1ccc2c(c1)OC(C)(C)C2)N1CCN(c2ncc(S(C)(=O)=NC(=O)C(F)(F)F)cn2)CC1. The van der Waals surface area contributed by atoms with Crippen LogP contribution in [-0.2, 0) is 20.9 Å². The third-order valence-electron chi connectivity index (χ3n) is 6.27. The van der Waals surface area contributed by atoms with Crippen molar-refractivity contribution in [2.75, 3.05) is 37.3 Å². The van der Waals surface area contributed by atoms with Crippen molar-refractivity contribution in [3.05, 3.63) is 41.7 Å². The quantitative estimate of drug-likeness (QED) is 0.620. The Kier molecular flexibility index (Phi) is 6.56. The maximum absolute atomic E-state index is 12.5. The third kappa shape index (κ3) is 5.58. The number of amides is 1. The summed E-state index contributed by atoms with van der Waals surface area (Å²) >= 11 is 0. The number of fused-ring (bicyclic) bond motifs is 1. The molecule has 1 aromatic carbocycles. The minimum atomic E-state index is -5.18. The first-order chi connectivity index (χ1) is 16.2. The number of ether oxygens (including phenoxy) is 1. The number of carbonyl (C=O) groups is 1. The highest BCUT2D eigenvalue weighted by Crippen LogP contribution is 2.37. The van der Waals surface area contributed by atoms with Gasteiger partial charge < -0.3 is 9.64 Å². The van der Waals surface area contributed by atoms with Gasteiger partial charge in [-0.25, -0.2) is 14.2 Å². The molecule has 190 valence electrons. The first-order valence-electron chi connectivity index (χ1n) is 11.2. The molecule has 1 saturated heterocycles. The van der Waals surface area contributed by atoms with E-state index in [2.05, 4.69) is 58.2 Å². The molecule has 1 fully saturated rings. The van der Waals surface area contributed by atoms with Crippen molar-refractivity contribution in [2.45, 2.75) is 49.9 Å². The van der Waals surface area contributed by atoms with Crippen LogP contribution in [0.4, 0.5) is 19.1 Å². The lowest BCUT2D eigenvalue weighted by Crippen LogP contribution is -2.47. The van der Waals surface area contributed by atoms with Gasteiger partial charge in [0.05, 0.1) is 14.6 Å². The lowest BCUT2D eigenvalue weighted by molar-refractivity contribution is -0.169. The van der Waals surface area contributed by atoms with E-state index < -0.39 is 21.8 Å². The molecule has 12 heteroatoms. The summed E-state index contributed by atoms with van der Waals surface area (Å²) < 4.78 is 58.8. The minimum Gasteiger partial charge on any atom is -0.487 e. The van der Waals surface area contributed by atoms with E-state index in [0.29, 0.717) is 19.0 Å². The van der Waals surface area contributed by atoms with Gasteiger partial charge in [0.15, 0.2) is 0 Å². The molecule has 3 heterocycles. The summed E-state index contributed by atoms with van der Waals surface area (Å²) in [6.45, 7) is 9.14. The number of alkyl halides is 3. The molecule has 0 N–H and O–H groups in total. The summed E-state index contributed by atoms with van der Waals surface area (Å²) in [4.78, 5) is 23.6. The number of hydrogen-bond acceptors (Lipinski definition) is 7. The topological polar surface area (TPSA) is 88.0 Å². The fraction of sp³-hybridized carbons (Fsp3) is 0.522. The van der Waals surface area contributed by atoms with Crippen molar-refractivity contribution in [1.82, 2.24) is 14.9 Å². The number of aromatic nitrogens is 2. The molecule has 2 aromatic rings. The first kappa shape index (κ1) is 25.4. The molecule has 2 unspecified atom stereocenters. The monoisotopic (exact) mass is 511 g/mol. The lowest BCUT2D eigenvalue weighted by Gasteiger charge is -2.38. The summed E-state index contributed by atoms with van der Waals surface area (Å²) in [5.41, 5.74) is 2.23. The predicted molar refractivity (Wildman–Crippen MR) is 125 cm³/mol. The van der Waals surface area contributed by atoms with Crippen molar-refractivity contribution in [2.24, 2.45) is 4.36 Å². The van der Waals surface area contributed by atoms with Crippen molar-refractivity contribution in [3.8, 4) is 5.75 Å². The maximum atomic E-state index is 12.5. The van der Waals surface area contributed by atoms with Gasteiger partial charge in [0, 0.05) is 57.3 Å². The Balaban J connectivity index is 1.39. The highest BCUT2D eigenvalue weighted by molar-refractivity contribution is 7.93. The van der Waals surface area contributed by atoms with E-state index in [-0.39, 0.29) is 16.5 Å². The zero-order chi connectivity index (χ0) is 25.6. The van der Waals surface area contributed by atoms with Gasteiger partial charge >= 0.3 is 12.1 Å². The Morgan fingerprint density at radius 3 is 2.40 bits per heavy atom. The van der Waals surface area contributed by atoms with Crippen LogP contribution in [0.25, 0.3) is 0 Å². The number of piperazine rings is 1. The van der Waals surface area contributed by atoms with E-state index in [0.717, 1.165) is 31.5 Å². The van der Waals surface area contributed by atoms with Crippen LogP contribution < -0.4 is 9.64 Å². The van der Waals surface area contributed by atoms with E-state index in [1.807, 2.05) is 4.90 Å². The highest BCUT2D eigenvalue weighted by Gasteiger charge is 2.39. The van der Waals surface area contributed by atoms with Gasteiger partial charge in [0.1, 0.15) is 11.4 Å². The molecular formula is C23H28F3N5O3S. The number of carbonyl (C=O) groups excluding carboxylic acids is 1. The van der Waals surface area contributed by atoms with Gasteiger partial charge in [-0.05, 0) is 38.0 Å². The Morgan fingerprint density at radius 1 is 1.17 bits per heavy atom. The normalized spacial score (nSPS) is 20.5. The highest BCUT2D eigenvalue weighted by atomic mass is 32.2. The number of rotatable bonds is 4. The van der Waals surface area contributed by atoms with Crippen LogP contribution in [-0.4, -0.2) is 69.2 Å². The largest absolute Gasteiger partial charge is 0.487 e. The van der Waals surface area contributed by atoms with E-state index in [9.17, 15) is 22.2 Å². The van der Waals surface area contributed by atoms with Crippen LogP contribution in [0.15, 0.2) is 39.9 Å². The van der Waals surface area contributed by atoms with Crippen molar-refractivity contribution in [1.29, 1.82) is 0 Å². The number of halogens is 3. The number of hydrogen-bond donors (Lipinski definition) is 0.